The molecule has 1 N–H and O–H groups in total. The number of nitrogens with one attached hydrogen (secondary N) is 1. The van der Waals surface area contributed by atoms with Gasteiger partial charge in [-0.25, -0.2) is 0 Å². The van der Waals surface area contributed by atoms with Crippen molar-refractivity contribution in [3.8, 4) is 0 Å². The Morgan fingerprint density at radius 1 is 1.31 bits per heavy atom. The maximum atomic E-state index is 11.9. The summed E-state index contributed by atoms with van der Waals surface area (Å²) in [6.45, 7) is 10.2. The zero-order valence-corrected chi connectivity index (χ0v) is 11.2. The summed E-state index contributed by atoms with van der Waals surface area (Å²) in [5.41, 5.74) is 0. The molecular formula is C12H26N2O2. The molecule has 0 aromatic heterocycles. The fraction of sp³-hybridized carbons (Fsp3) is 0.917. The quantitative estimate of drug-likeness (QED) is 0.682. The van der Waals surface area contributed by atoms with Crippen LogP contribution in [0.15, 0.2) is 0 Å². The van der Waals surface area contributed by atoms with Crippen molar-refractivity contribution in [1.82, 2.24) is 10.2 Å². The predicted octanol–water partition coefficient (Wildman–Crippen LogP) is 1.26. The first-order valence-corrected chi connectivity index (χ1v) is 6.00. The van der Waals surface area contributed by atoms with Gasteiger partial charge in [0.05, 0.1) is 6.61 Å². The summed E-state index contributed by atoms with van der Waals surface area (Å²) in [7, 11) is 1.66. The summed E-state index contributed by atoms with van der Waals surface area (Å²) in [6, 6.07) is 0.668. The number of rotatable bonds is 8. The van der Waals surface area contributed by atoms with Gasteiger partial charge in [0.15, 0.2) is 0 Å². The smallest absolute Gasteiger partial charge is 0.224 e. The number of amides is 1. The van der Waals surface area contributed by atoms with E-state index >= 15 is 0 Å². The lowest BCUT2D eigenvalue weighted by Crippen LogP contribution is -2.40. The molecule has 96 valence electrons. The third kappa shape index (κ3) is 6.80. The summed E-state index contributed by atoms with van der Waals surface area (Å²) in [4.78, 5) is 13.8. The van der Waals surface area contributed by atoms with Gasteiger partial charge >= 0.3 is 0 Å². The molecule has 0 aliphatic heterocycles. The summed E-state index contributed by atoms with van der Waals surface area (Å²) in [6.07, 6.45) is 0.556. The third-order valence-electron chi connectivity index (χ3n) is 2.37. The number of methoxy groups -OCH3 is 1. The van der Waals surface area contributed by atoms with Crippen molar-refractivity contribution < 1.29 is 9.53 Å². The van der Waals surface area contributed by atoms with Gasteiger partial charge in [-0.3, -0.25) is 4.79 Å². The minimum Gasteiger partial charge on any atom is -0.383 e. The van der Waals surface area contributed by atoms with E-state index in [1.807, 2.05) is 18.7 Å². The van der Waals surface area contributed by atoms with E-state index in [0.29, 0.717) is 25.6 Å². The minimum absolute atomic E-state index is 0.195. The zero-order valence-electron chi connectivity index (χ0n) is 11.2. The SMILES string of the molecule is COCCN(C(=O)CCNC(C)C)C(C)C. The zero-order chi connectivity index (χ0) is 12.6. The second-order valence-corrected chi connectivity index (χ2v) is 4.53. The molecule has 0 bridgehead atoms. The molecule has 16 heavy (non-hydrogen) atoms. The first-order chi connectivity index (χ1) is 7.49. The molecule has 0 saturated carbocycles. The second kappa shape index (κ2) is 8.53. The summed E-state index contributed by atoms with van der Waals surface area (Å²) < 4.78 is 5.01. The Hall–Kier alpha value is -0.610. The molecule has 4 heteroatoms. The molecule has 0 aliphatic rings. The molecule has 0 saturated heterocycles. The molecule has 0 rings (SSSR count). The highest BCUT2D eigenvalue weighted by molar-refractivity contribution is 5.76. The lowest BCUT2D eigenvalue weighted by Gasteiger charge is -2.26. The van der Waals surface area contributed by atoms with E-state index in [1.54, 1.807) is 7.11 Å². The number of carbonyl (C=O) groups is 1. The van der Waals surface area contributed by atoms with Gasteiger partial charge in [0.2, 0.25) is 5.91 Å². The molecule has 4 nitrogen and oxygen atoms in total. The highest BCUT2D eigenvalue weighted by atomic mass is 16.5. The van der Waals surface area contributed by atoms with E-state index in [9.17, 15) is 4.79 Å². The lowest BCUT2D eigenvalue weighted by molar-refractivity contribution is -0.133. The lowest BCUT2D eigenvalue weighted by atomic mass is 10.2. The van der Waals surface area contributed by atoms with Gasteiger partial charge in [-0.1, -0.05) is 13.8 Å². The average Bonchev–Trinajstić information content (AvgIpc) is 2.17. The highest BCUT2D eigenvalue weighted by Crippen LogP contribution is 2.01. The van der Waals surface area contributed by atoms with Crippen molar-refractivity contribution in [3.63, 3.8) is 0 Å². The van der Waals surface area contributed by atoms with Gasteiger partial charge < -0.3 is 15.0 Å². The van der Waals surface area contributed by atoms with Crippen LogP contribution in [0.2, 0.25) is 0 Å². The van der Waals surface area contributed by atoms with Crippen molar-refractivity contribution in [2.45, 2.75) is 46.2 Å². The van der Waals surface area contributed by atoms with Crippen LogP contribution in [-0.2, 0) is 9.53 Å². The Labute approximate surface area is 99.3 Å². The molecule has 0 aliphatic carbocycles. The first kappa shape index (κ1) is 15.4. The molecule has 0 spiro atoms. The van der Waals surface area contributed by atoms with Crippen LogP contribution in [0.5, 0.6) is 0 Å². The van der Waals surface area contributed by atoms with Gasteiger partial charge in [-0.05, 0) is 13.8 Å². The fourth-order valence-electron chi connectivity index (χ4n) is 1.47. The van der Waals surface area contributed by atoms with Crippen molar-refractivity contribution >= 4 is 5.91 Å². The standard InChI is InChI=1S/C12H26N2O2/c1-10(2)13-7-6-12(15)14(11(3)4)8-9-16-5/h10-11,13H,6-9H2,1-5H3. The van der Waals surface area contributed by atoms with Gasteiger partial charge in [0.25, 0.3) is 0 Å². The number of nitrogens with zero attached hydrogens (tertiary/aromatic N) is 1. The summed E-state index contributed by atoms with van der Waals surface area (Å²) >= 11 is 0. The molecule has 0 aromatic rings. The van der Waals surface area contributed by atoms with Crippen LogP contribution in [0.3, 0.4) is 0 Å². The number of ether oxygens (including phenoxy) is 1. The summed E-state index contributed by atoms with van der Waals surface area (Å²) in [5, 5.41) is 3.25. The van der Waals surface area contributed by atoms with Gasteiger partial charge in [-0.15, -0.1) is 0 Å². The van der Waals surface area contributed by atoms with Crippen LogP contribution in [-0.4, -0.2) is 49.7 Å². The van der Waals surface area contributed by atoms with Crippen LogP contribution in [0, 0.1) is 0 Å². The largest absolute Gasteiger partial charge is 0.383 e. The maximum Gasteiger partial charge on any atom is 0.224 e. The normalized spacial score (nSPS) is 11.2. The van der Waals surface area contributed by atoms with Crippen LogP contribution >= 0.6 is 0 Å². The number of hydrogen-bond donors (Lipinski definition) is 1. The van der Waals surface area contributed by atoms with Gasteiger partial charge in [0.1, 0.15) is 0 Å². The molecule has 0 fully saturated rings. The summed E-state index contributed by atoms with van der Waals surface area (Å²) in [5.74, 6) is 0.195. The Kier molecular flexibility index (Phi) is 8.21. The Morgan fingerprint density at radius 2 is 1.94 bits per heavy atom. The topological polar surface area (TPSA) is 41.6 Å². The van der Waals surface area contributed by atoms with Crippen LogP contribution in [0.1, 0.15) is 34.1 Å². The van der Waals surface area contributed by atoms with Crippen molar-refractivity contribution in [2.75, 3.05) is 26.8 Å². The molecular weight excluding hydrogens is 204 g/mol. The number of hydrogen-bond acceptors (Lipinski definition) is 3. The average molecular weight is 230 g/mol. The Bertz CT molecular complexity index is 193. The van der Waals surface area contributed by atoms with Crippen LogP contribution < -0.4 is 5.32 Å². The molecule has 0 atom stereocenters. The van der Waals surface area contributed by atoms with E-state index in [4.69, 9.17) is 4.74 Å². The van der Waals surface area contributed by atoms with E-state index in [1.165, 1.54) is 0 Å². The third-order valence-corrected chi connectivity index (χ3v) is 2.37. The van der Waals surface area contributed by atoms with E-state index in [2.05, 4.69) is 19.2 Å². The van der Waals surface area contributed by atoms with E-state index in [0.717, 1.165) is 6.54 Å². The molecule has 1 amide bonds. The number of carbonyl (C=O) groups excluding carboxylic acids is 1. The van der Waals surface area contributed by atoms with Crippen LogP contribution in [0.25, 0.3) is 0 Å². The Morgan fingerprint density at radius 3 is 2.38 bits per heavy atom. The van der Waals surface area contributed by atoms with E-state index in [-0.39, 0.29) is 11.9 Å². The molecule has 0 radical (unpaired) electrons. The molecule has 0 unspecified atom stereocenters. The van der Waals surface area contributed by atoms with Crippen molar-refractivity contribution in [1.29, 1.82) is 0 Å². The van der Waals surface area contributed by atoms with Crippen molar-refractivity contribution in [3.05, 3.63) is 0 Å². The van der Waals surface area contributed by atoms with Crippen molar-refractivity contribution in [2.24, 2.45) is 0 Å². The second-order valence-electron chi connectivity index (χ2n) is 4.53. The van der Waals surface area contributed by atoms with Crippen LogP contribution in [0.4, 0.5) is 0 Å². The first-order valence-electron chi connectivity index (χ1n) is 6.00. The predicted molar refractivity (Wildman–Crippen MR) is 66.5 cm³/mol. The fourth-order valence-corrected chi connectivity index (χ4v) is 1.47. The van der Waals surface area contributed by atoms with E-state index < -0.39 is 0 Å². The maximum absolute atomic E-state index is 11.9. The minimum atomic E-state index is 0.195. The van der Waals surface area contributed by atoms with Gasteiger partial charge in [0, 0.05) is 38.7 Å². The molecule has 0 heterocycles. The highest BCUT2D eigenvalue weighted by Gasteiger charge is 2.15. The van der Waals surface area contributed by atoms with Gasteiger partial charge in [-0.2, -0.15) is 0 Å². The molecule has 0 aromatic carbocycles. The Balaban J connectivity index is 3.97. The monoisotopic (exact) mass is 230 g/mol.